The number of benzene rings is 2. The van der Waals surface area contributed by atoms with Gasteiger partial charge in [0.05, 0.1) is 4.90 Å². The molecule has 6 heteroatoms. The van der Waals surface area contributed by atoms with Crippen LogP contribution in [0.1, 0.15) is 18.1 Å². The summed E-state index contributed by atoms with van der Waals surface area (Å²) in [5.74, 6) is -0.385. The van der Waals surface area contributed by atoms with Gasteiger partial charge in [-0.15, -0.1) is 0 Å². The van der Waals surface area contributed by atoms with Crippen LogP contribution in [0.4, 0.5) is 4.39 Å². The first-order chi connectivity index (χ1) is 10.5. The lowest BCUT2D eigenvalue weighted by Crippen LogP contribution is -2.23. The fraction of sp³-hybridized carbons (Fsp3) is 0.250. The predicted molar refractivity (Wildman–Crippen MR) is 84.2 cm³/mol. The fourth-order valence-electron chi connectivity index (χ4n) is 1.96. The molecule has 4 nitrogen and oxygen atoms in total. The Balaban J connectivity index is 2.03. The molecule has 0 fully saturated rings. The molecule has 0 aliphatic rings. The van der Waals surface area contributed by atoms with Crippen LogP contribution in [-0.4, -0.2) is 15.0 Å². The van der Waals surface area contributed by atoms with Crippen molar-refractivity contribution >= 4 is 10.0 Å². The van der Waals surface area contributed by atoms with Crippen LogP contribution in [0.25, 0.3) is 0 Å². The molecule has 0 amide bonds. The molecule has 0 aliphatic heterocycles. The van der Waals surface area contributed by atoms with Gasteiger partial charge in [0, 0.05) is 13.1 Å². The Hall–Kier alpha value is -1.76. The summed E-state index contributed by atoms with van der Waals surface area (Å²) in [5.41, 5.74) is 1.60. The number of hydrogen-bond donors (Lipinski definition) is 2. The van der Waals surface area contributed by atoms with E-state index in [9.17, 15) is 12.8 Å². The van der Waals surface area contributed by atoms with Gasteiger partial charge >= 0.3 is 0 Å². The highest BCUT2D eigenvalue weighted by Crippen LogP contribution is 2.12. The molecule has 0 aromatic heterocycles. The number of rotatable bonds is 7. The Kier molecular flexibility index (Phi) is 5.65. The third-order valence-electron chi connectivity index (χ3n) is 3.17. The van der Waals surface area contributed by atoms with E-state index in [-0.39, 0.29) is 17.3 Å². The molecular formula is C16H19FN2O2S. The lowest BCUT2D eigenvalue weighted by Gasteiger charge is -2.08. The zero-order valence-electron chi connectivity index (χ0n) is 12.3. The molecule has 0 unspecified atom stereocenters. The van der Waals surface area contributed by atoms with Crippen molar-refractivity contribution in [3.8, 4) is 0 Å². The summed E-state index contributed by atoms with van der Waals surface area (Å²) in [6.45, 7) is 3.62. The smallest absolute Gasteiger partial charge is 0.240 e. The van der Waals surface area contributed by atoms with Gasteiger partial charge < -0.3 is 5.32 Å². The predicted octanol–water partition coefficient (Wildman–Crippen LogP) is 2.41. The first-order valence-corrected chi connectivity index (χ1v) is 8.53. The van der Waals surface area contributed by atoms with E-state index in [1.54, 1.807) is 36.4 Å². The second-order valence-corrected chi connectivity index (χ2v) is 6.65. The molecule has 2 aromatic carbocycles. The molecule has 2 N–H and O–H groups in total. The summed E-state index contributed by atoms with van der Waals surface area (Å²) in [4.78, 5) is 0.198. The molecule has 0 heterocycles. The molecule has 0 aliphatic carbocycles. The van der Waals surface area contributed by atoms with Gasteiger partial charge in [0.2, 0.25) is 10.0 Å². The normalized spacial score (nSPS) is 11.5. The minimum Gasteiger partial charge on any atom is -0.313 e. The van der Waals surface area contributed by atoms with E-state index in [1.165, 1.54) is 12.1 Å². The first-order valence-electron chi connectivity index (χ1n) is 7.05. The highest BCUT2D eigenvalue weighted by atomic mass is 32.2. The minimum atomic E-state index is -3.60. The van der Waals surface area contributed by atoms with Crippen molar-refractivity contribution < 1.29 is 12.8 Å². The molecule has 2 rings (SSSR count). The Morgan fingerprint density at radius 2 is 1.73 bits per heavy atom. The zero-order chi connectivity index (χ0) is 16.0. The molecule has 0 atom stereocenters. The quantitative estimate of drug-likeness (QED) is 0.823. The third kappa shape index (κ3) is 4.62. The summed E-state index contributed by atoms with van der Waals surface area (Å²) in [5, 5.41) is 3.17. The van der Waals surface area contributed by atoms with E-state index < -0.39 is 10.0 Å². The van der Waals surface area contributed by atoms with Gasteiger partial charge in [0.1, 0.15) is 5.82 Å². The Morgan fingerprint density at radius 3 is 2.36 bits per heavy atom. The van der Waals surface area contributed by atoms with Gasteiger partial charge in [-0.2, -0.15) is 0 Å². The third-order valence-corrected chi connectivity index (χ3v) is 4.59. The molecule has 0 bridgehead atoms. The second-order valence-electron chi connectivity index (χ2n) is 4.88. The molecule has 0 radical (unpaired) electrons. The van der Waals surface area contributed by atoms with Crippen LogP contribution >= 0.6 is 0 Å². The van der Waals surface area contributed by atoms with E-state index in [2.05, 4.69) is 10.0 Å². The van der Waals surface area contributed by atoms with Crippen molar-refractivity contribution in [2.45, 2.75) is 24.9 Å². The Labute approximate surface area is 130 Å². The van der Waals surface area contributed by atoms with Crippen LogP contribution in [0.5, 0.6) is 0 Å². The maximum Gasteiger partial charge on any atom is 0.240 e. The summed E-state index contributed by atoms with van der Waals surface area (Å²) in [6.07, 6.45) is 0. The molecular weight excluding hydrogens is 303 g/mol. The van der Waals surface area contributed by atoms with Crippen LogP contribution in [0, 0.1) is 5.82 Å². The van der Waals surface area contributed by atoms with Gasteiger partial charge in [0.15, 0.2) is 0 Å². The highest BCUT2D eigenvalue weighted by molar-refractivity contribution is 7.89. The molecule has 22 heavy (non-hydrogen) atoms. The number of nitrogens with one attached hydrogen (secondary N) is 2. The maximum absolute atomic E-state index is 13.1. The zero-order valence-corrected chi connectivity index (χ0v) is 13.2. The summed E-state index contributed by atoms with van der Waals surface area (Å²) in [7, 11) is -3.60. The first kappa shape index (κ1) is 16.6. The Morgan fingerprint density at radius 1 is 1.00 bits per heavy atom. The highest BCUT2D eigenvalue weighted by Gasteiger charge is 2.13. The minimum absolute atomic E-state index is 0.0548. The van der Waals surface area contributed by atoms with Crippen LogP contribution in [0.15, 0.2) is 53.4 Å². The van der Waals surface area contributed by atoms with Crippen molar-refractivity contribution in [3.63, 3.8) is 0 Å². The van der Waals surface area contributed by atoms with E-state index in [1.807, 2.05) is 6.92 Å². The van der Waals surface area contributed by atoms with E-state index >= 15 is 0 Å². The van der Waals surface area contributed by atoms with Crippen molar-refractivity contribution in [2.75, 3.05) is 6.54 Å². The van der Waals surface area contributed by atoms with Crippen molar-refractivity contribution in [1.29, 1.82) is 0 Å². The van der Waals surface area contributed by atoms with Gasteiger partial charge in [-0.05, 0) is 41.9 Å². The van der Waals surface area contributed by atoms with Crippen LogP contribution in [-0.2, 0) is 23.1 Å². The van der Waals surface area contributed by atoms with Crippen LogP contribution < -0.4 is 10.0 Å². The van der Waals surface area contributed by atoms with Crippen LogP contribution in [0.2, 0.25) is 0 Å². The number of halogens is 1. The van der Waals surface area contributed by atoms with Crippen molar-refractivity contribution in [1.82, 2.24) is 10.0 Å². The molecule has 2 aromatic rings. The lowest BCUT2D eigenvalue weighted by molar-refractivity contribution is 0.580. The topological polar surface area (TPSA) is 58.2 Å². The lowest BCUT2D eigenvalue weighted by atomic mass is 10.2. The molecule has 118 valence electrons. The second kappa shape index (κ2) is 7.49. The van der Waals surface area contributed by atoms with E-state index in [0.29, 0.717) is 12.1 Å². The monoisotopic (exact) mass is 322 g/mol. The van der Waals surface area contributed by atoms with Gasteiger partial charge in [-0.3, -0.25) is 0 Å². The SMILES string of the molecule is CCNCc1ccc(S(=O)(=O)NCc2cccc(F)c2)cc1. The molecule has 0 saturated heterocycles. The number of hydrogen-bond acceptors (Lipinski definition) is 3. The van der Waals surface area contributed by atoms with Gasteiger partial charge in [0.25, 0.3) is 0 Å². The largest absolute Gasteiger partial charge is 0.313 e. The average Bonchev–Trinajstić information content (AvgIpc) is 2.52. The summed E-state index contributed by atoms with van der Waals surface area (Å²) >= 11 is 0. The average molecular weight is 322 g/mol. The summed E-state index contributed by atoms with van der Waals surface area (Å²) in [6, 6.07) is 12.5. The van der Waals surface area contributed by atoms with Gasteiger partial charge in [-0.1, -0.05) is 31.2 Å². The van der Waals surface area contributed by atoms with Crippen molar-refractivity contribution in [3.05, 3.63) is 65.5 Å². The van der Waals surface area contributed by atoms with Crippen molar-refractivity contribution in [2.24, 2.45) is 0 Å². The van der Waals surface area contributed by atoms with E-state index in [4.69, 9.17) is 0 Å². The van der Waals surface area contributed by atoms with Crippen LogP contribution in [0.3, 0.4) is 0 Å². The standard InChI is InChI=1S/C16H19FN2O2S/c1-2-18-11-13-6-8-16(9-7-13)22(20,21)19-12-14-4-3-5-15(17)10-14/h3-10,18-19H,2,11-12H2,1H3. The Bertz CT molecular complexity index is 715. The molecule has 0 saturated carbocycles. The van der Waals surface area contributed by atoms with E-state index in [0.717, 1.165) is 12.1 Å². The summed E-state index contributed by atoms with van der Waals surface area (Å²) < 4.78 is 39.9. The maximum atomic E-state index is 13.1. The molecule has 0 spiro atoms. The fourth-order valence-corrected chi connectivity index (χ4v) is 2.98. The van der Waals surface area contributed by atoms with Gasteiger partial charge in [-0.25, -0.2) is 17.5 Å². The number of sulfonamides is 1.